The number of nitrogen functional groups attached to an aromatic ring is 1. The summed E-state index contributed by atoms with van der Waals surface area (Å²) < 4.78 is 0. The molecule has 2 rings (SSSR count). The summed E-state index contributed by atoms with van der Waals surface area (Å²) in [5, 5.41) is 19.3. The molecule has 0 saturated carbocycles. The highest BCUT2D eigenvalue weighted by atomic mass is 16.6. The van der Waals surface area contributed by atoms with Crippen molar-refractivity contribution >= 4 is 23.0 Å². The summed E-state index contributed by atoms with van der Waals surface area (Å²) in [5.41, 5.74) is 6.08. The first kappa shape index (κ1) is 11.6. The molecule has 0 aliphatic rings. The van der Waals surface area contributed by atoms with Crippen molar-refractivity contribution in [1.82, 2.24) is 10.2 Å². The van der Waals surface area contributed by atoms with Crippen LogP contribution in [0.5, 0.6) is 0 Å². The number of nitrogens with one attached hydrogen (secondary N) is 2. The third kappa shape index (κ3) is 2.26. The van der Waals surface area contributed by atoms with Gasteiger partial charge in [-0.25, -0.2) is 0 Å². The summed E-state index contributed by atoms with van der Waals surface area (Å²) in [7, 11) is 0. The highest BCUT2D eigenvalue weighted by Crippen LogP contribution is 2.20. The summed E-state index contributed by atoms with van der Waals surface area (Å²) in [6.45, 7) is 0. The van der Waals surface area contributed by atoms with Crippen LogP contribution in [0.25, 0.3) is 0 Å². The second-order valence-corrected chi connectivity index (χ2v) is 3.47. The Morgan fingerprint density at radius 2 is 2.28 bits per heavy atom. The molecule has 0 bridgehead atoms. The molecule has 8 nitrogen and oxygen atoms in total. The lowest BCUT2D eigenvalue weighted by molar-refractivity contribution is -0.384. The topological polar surface area (TPSA) is 127 Å². The number of rotatable bonds is 3. The van der Waals surface area contributed by atoms with Gasteiger partial charge in [-0.3, -0.25) is 20.0 Å². The molecular formula is C10H9N5O3. The van der Waals surface area contributed by atoms with Crippen molar-refractivity contribution in [3.8, 4) is 0 Å². The van der Waals surface area contributed by atoms with Crippen LogP contribution in [0.15, 0.2) is 30.6 Å². The monoisotopic (exact) mass is 247 g/mol. The normalized spacial score (nSPS) is 10.0. The Bertz CT molecular complexity index is 594. The van der Waals surface area contributed by atoms with Gasteiger partial charge in [-0.05, 0) is 6.07 Å². The molecule has 0 aliphatic carbocycles. The van der Waals surface area contributed by atoms with E-state index in [1.165, 1.54) is 24.5 Å². The van der Waals surface area contributed by atoms with E-state index in [2.05, 4.69) is 15.5 Å². The van der Waals surface area contributed by atoms with Crippen LogP contribution < -0.4 is 11.1 Å². The number of aromatic nitrogens is 2. The second-order valence-electron chi connectivity index (χ2n) is 3.47. The first-order chi connectivity index (χ1) is 8.58. The van der Waals surface area contributed by atoms with Gasteiger partial charge in [0.1, 0.15) is 0 Å². The fourth-order valence-corrected chi connectivity index (χ4v) is 1.37. The van der Waals surface area contributed by atoms with E-state index in [-0.39, 0.29) is 16.9 Å². The predicted molar refractivity (Wildman–Crippen MR) is 64.0 cm³/mol. The molecule has 0 fully saturated rings. The standard InChI is InChI=1S/C10H9N5O3/c11-9-2-1-7(15(17)18)3-8(9)10(16)14-6-4-12-13-5-6/h1-5H,11H2,(H,12,13)(H,14,16). The summed E-state index contributed by atoms with van der Waals surface area (Å²) >= 11 is 0. The SMILES string of the molecule is Nc1ccc([N+](=O)[O-])cc1C(=O)Nc1cn[nH]c1. The van der Waals surface area contributed by atoms with Crippen molar-refractivity contribution in [1.29, 1.82) is 0 Å². The molecule has 0 spiro atoms. The summed E-state index contributed by atoms with van der Waals surface area (Å²) in [6.07, 6.45) is 2.89. The van der Waals surface area contributed by atoms with Crippen LogP contribution in [0.4, 0.5) is 17.1 Å². The molecule has 92 valence electrons. The van der Waals surface area contributed by atoms with Gasteiger partial charge >= 0.3 is 0 Å². The quantitative estimate of drug-likeness (QED) is 0.426. The van der Waals surface area contributed by atoms with E-state index in [0.29, 0.717) is 5.69 Å². The molecule has 0 aliphatic heterocycles. The summed E-state index contributed by atoms with van der Waals surface area (Å²) in [5.74, 6) is -0.530. The van der Waals surface area contributed by atoms with Crippen molar-refractivity contribution in [3.63, 3.8) is 0 Å². The Balaban J connectivity index is 2.29. The number of carbonyl (C=O) groups is 1. The zero-order valence-corrected chi connectivity index (χ0v) is 9.08. The van der Waals surface area contributed by atoms with Crippen molar-refractivity contribution in [2.45, 2.75) is 0 Å². The molecule has 1 aromatic carbocycles. The first-order valence-electron chi connectivity index (χ1n) is 4.92. The molecule has 0 unspecified atom stereocenters. The van der Waals surface area contributed by atoms with Crippen LogP contribution in [0.1, 0.15) is 10.4 Å². The lowest BCUT2D eigenvalue weighted by Crippen LogP contribution is -2.14. The van der Waals surface area contributed by atoms with Crippen LogP contribution >= 0.6 is 0 Å². The number of aromatic amines is 1. The minimum absolute atomic E-state index is 0.0467. The number of nitro benzene ring substituents is 1. The molecule has 0 atom stereocenters. The van der Waals surface area contributed by atoms with Gasteiger partial charge in [0.15, 0.2) is 0 Å². The maximum Gasteiger partial charge on any atom is 0.270 e. The van der Waals surface area contributed by atoms with Gasteiger partial charge in [0.25, 0.3) is 11.6 Å². The largest absolute Gasteiger partial charge is 0.398 e. The van der Waals surface area contributed by atoms with Gasteiger partial charge in [0.05, 0.1) is 22.4 Å². The average molecular weight is 247 g/mol. The van der Waals surface area contributed by atoms with Crippen LogP contribution in [-0.4, -0.2) is 21.0 Å². The molecule has 8 heteroatoms. The molecular weight excluding hydrogens is 238 g/mol. The van der Waals surface area contributed by atoms with Crippen molar-refractivity contribution in [2.75, 3.05) is 11.1 Å². The number of nitrogens with zero attached hydrogens (tertiary/aromatic N) is 2. The maximum atomic E-state index is 11.9. The van der Waals surface area contributed by atoms with E-state index in [4.69, 9.17) is 5.73 Å². The van der Waals surface area contributed by atoms with Crippen molar-refractivity contribution in [2.24, 2.45) is 0 Å². The zero-order chi connectivity index (χ0) is 13.1. The van der Waals surface area contributed by atoms with Crippen LogP contribution in [0.2, 0.25) is 0 Å². The average Bonchev–Trinajstić information content (AvgIpc) is 2.81. The Kier molecular flexibility index (Phi) is 2.92. The van der Waals surface area contributed by atoms with E-state index in [0.717, 1.165) is 6.07 Å². The van der Waals surface area contributed by atoms with E-state index < -0.39 is 10.8 Å². The molecule has 0 radical (unpaired) electrons. The van der Waals surface area contributed by atoms with Gasteiger partial charge in [-0.15, -0.1) is 0 Å². The molecule has 1 amide bonds. The number of benzene rings is 1. The zero-order valence-electron chi connectivity index (χ0n) is 9.08. The molecule has 18 heavy (non-hydrogen) atoms. The third-order valence-corrected chi connectivity index (χ3v) is 2.25. The molecule has 1 heterocycles. The molecule has 2 aromatic rings. The van der Waals surface area contributed by atoms with E-state index in [1.54, 1.807) is 0 Å². The molecule has 4 N–H and O–H groups in total. The Morgan fingerprint density at radius 3 is 2.89 bits per heavy atom. The number of hydrogen-bond acceptors (Lipinski definition) is 5. The summed E-state index contributed by atoms with van der Waals surface area (Å²) in [6, 6.07) is 3.69. The number of nitrogens with two attached hydrogens (primary N) is 1. The van der Waals surface area contributed by atoms with Crippen molar-refractivity contribution in [3.05, 3.63) is 46.3 Å². The fourth-order valence-electron chi connectivity index (χ4n) is 1.37. The highest BCUT2D eigenvalue weighted by Gasteiger charge is 2.15. The maximum absolute atomic E-state index is 11.9. The predicted octanol–water partition coefficient (Wildman–Crippen LogP) is 1.15. The number of amides is 1. The van der Waals surface area contributed by atoms with E-state index in [9.17, 15) is 14.9 Å². The summed E-state index contributed by atoms with van der Waals surface area (Å²) in [4.78, 5) is 21.9. The van der Waals surface area contributed by atoms with Gasteiger partial charge in [0, 0.05) is 24.0 Å². The van der Waals surface area contributed by atoms with Gasteiger partial charge in [-0.2, -0.15) is 5.10 Å². The number of anilines is 2. The lowest BCUT2D eigenvalue weighted by atomic mass is 10.1. The van der Waals surface area contributed by atoms with Gasteiger partial charge < -0.3 is 11.1 Å². The number of non-ortho nitro benzene ring substituents is 1. The Hall–Kier alpha value is -2.90. The van der Waals surface area contributed by atoms with Crippen LogP contribution in [0, 0.1) is 10.1 Å². The van der Waals surface area contributed by atoms with Crippen LogP contribution in [0.3, 0.4) is 0 Å². The lowest BCUT2D eigenvalue weighted by Gasteiger charge is -2.05. The molecule has 1 aromatic heterocycles. The smallest absolute Gasteiger partial charge is 0.270 e. The fraction of sp³-hybridized carbons (Fsp3) is 0. The highest BCUT2D eigenvalue weighted by molar-refractivity contribution is 6.08. The second kappa shape index (κ2) is 4.53. The molecule has 0 saturated heterocycles. The number of H-pyrrole nitrogens is 1. The Morgan fingerprint density at radius 1 is 1.50 bits per heavy atom. The Labute approximate surface area is 101 Å². The van der Waals surface area contributed by atoms with Gasteiger partial charge in [-0.1, -0.05) is 0 Å². The number of hydrogen-bond donors (Lipinski definition) is 3. The van der Waals surface area contributed by atoms with Crippen molar-refractivity contribution < 1.29 is 9.72 Å². The number of nitro groups is 1. The minimum atomic E-state index is -0.589. The van der Waals surface area contributed by atoms with E-state index in [1.807, 2.05) is 0 Å². The third-order valence-electron chi connectivity index (χ3n) is 2.25. The van der Waals surface area contributed by atoms with Gasteiger partial charge in [0.2, 0.25) is 0 Å². The number of carbonyl (C=O) groups excluding carboxylic acids is 1. The van der Waals surface area contributed by atoms with Crippen LogP contribution in [-0.2, 0) is 0 Å². The van der Waals surface area contributed by atoms with E-state index >= 15 is 0 Å². The minimum Gasteiger partial charge on any atom is -0.398 e. The first-order valence-corrected chi connectivity index (χ1v) is 4.92.